The van der Waals surface area contributed by atoms with Crippen molar-refractivity contribution in [3.05, 3.63) is 65.6 Å². The maximum Gasteiger partial charge on any atom is 0.251 e. The van der Waals surface area contributed by atoms with Crippen LogP contribution in [0.1, 0.15) is 27.9 Å². The summed E-state index contributed by atoms with van der Waals surface area (Å²) >= 11 is 0. The zero-order valence-corrected chi connectivity index (χ0v) is 15.1. The van der Waals surface area contributed by atoms with Gasteiger partial charge in [0.25, 0.3) is 5.91 Å². The van der Waals surface area contributed by atoms with Gasteiger partial charge >= 0.3 is 0 Å². The van der Waals surface area contributed by atoms with E-state index in [4.69, 9.17) is 5.73 Å². The lowest BCUT2D eigenvalue weighted by Crippen LogP contribution is -2.25. The number of aryl methyl sites for hydroxylation is 3. The molecule has 0 unspecified atom stereocenters. The zero-order chi connectivity index (χ0) is 18.5. The van der Waals surface area contributed by atoms with Crippen LogP contribution in [0.4, 0.5) is 5.82 Å². The molecule has 6 heteroatoms. The molecule has 1 aromatic carbocycles. The van der Waals surface area contributed by atoms with Crippen LogP contribution in [0.3, 0.4) is 0 Å². The first-order valence-electron chi connectivity index (χ1n) is 8.63. The lowest BCUT2D eigenvalue weighted by molar-refractivity contribution is 0.0952. The number of anilines is 1. The monoisotopic (exact) mass is 349 g/mol. The lowest BCUT2D eigenvalue weighted by atomic mass is 10.0. The number of hydrogen-bond acceptors (Lipinski definition) is 4. The maximum absolute atomic E-state index is 12.4. The molecule has 0 saturated heterocycles. The zero-order valence-electron chi connectivity index (χ0n) is 15.1. The number of carbonyl (C=O) groups is 1. The molecule has 3 aromatic rings. The number of nitrogens with zero attached hydrogens (tertiary/aromatic N) is 3. The molecule has 3 rings (SSSR count). The van der Waals surface area contributed by atoms with Crippen molar-refractivity contribution in [2.75, 3.05) is 12.3 Å². The van der Waals surface area contributed by atoms with Crippen molar-refractivity contribution < 1.29 is 4.79 Å². The predicted octanol–water partition coefficient (Wildman–Crippen LogP) is 2.96. The van der Waals surface area contributed by atoms with Gasteiger partial charge in [-0.25, -0.2) is 4.98 Å². The Morgan fingerprint density at radius 3 is 2.77 bits per heavy atom. The average molecular weight is 349 g/mol. The molecule has 0 saturated carbocycles. The number of benzene rings is 1. The van der Waals surface area contributed by atoms with Crippen LogP contribution in [-0.2, 0) is 6.54 Å². The molecule has 0 radical (unpaired) electrons. The molecule has 0 atom stereocenters. The fourth-order valence-electron chi connectivity index (χ4n) is 2.72. The van der Waals surface area contributed by atoms with Crippen molar-refractivity contribution in [1.29, 1.82) is 0 Å². The van der Waals surface area contributed by atoms with Crippen molar-refractivity contribution >= 4 is 11.7 Å². The summed E-state index contributed by atoms with van der Waals surface area (Å²) < 4.78 is 1.89. The average Bonchev–Trinajstić information content (AvgIpc) is 3.06. The van der Waals surface area contributed by atoms with Crippen LogP contribution in [-0.4, -0.2) is 27.2 Å². The fourth-order valence-corrected chi connectivity index (χ4v) is 2.72. The van der Waals surface area contributed by atoms with Gasteiger partial charge in [0.1, 0.15) is 5.82 Å². The van der Waals surface area contributed by atoms with E-state index >= 15 is 0 Å². The number of rotatable bonds is 6. The number of nitrogens with two attached hydrogens (primary N) is 1. The number of aromatic nitrogens is 3. The number of nitrogens with one attached hydrogen (secondary N) is 1. The third kappa shape index (κ3) is 4.27. The van der Waals surface area contributed by atoms with Gasteiger partial charge in [0.15, 0.2) is 0 Å². The van der Waals surface area contributed by atoms with Crippen LogP contribution in [0.2, 0.25) is 0 Å². The largest absolute Gasteiger partial charge is 0.383 e. The second-order valence-electron chi connectivity index (χ2n) is 6.40. The van der Waals surface area contributed by atoms with Gasteiger partial charge in [-0.05, 0) is 55.2 Å². The molecule has 0 aliphatic rings. The van der Waals surface area contributed by atoms with E-state index in [9.17, 15) is 4.79 Å². The molecule has 134 valence electrons. The number of carbonyl (C=O) groups excluding carboxylic acids is 1. The number of pyridine rings is 1. The molecule has 1 amide bonds. The number of hydrogen-bond donors (Lipinski definition) is 2. The Morgan fingerprint density at radius 2 is 2.04 bits per heavy atom. The third-order valence-corrected chi connectivity index (χ3v) is 4.19. The molecule has 0 aliphatic heterocycles. The Bertz CT molecular complexity index is 916. The predicted molar refractivity (Wildman–Crippen MR) is 103 cm³/mol. The van der Waals surface area contributed by atoms with Crippen LogP contribution in [0.15, 0.2) is 48.9 Å². The molecule has 2 aromatic heterocycles. The van der Waals surface area contributed by atoms with E-state index in [1.54, 1.807) is 6.20 Å². The number of amides is 1. The Morgan fingerprint density at radius 1 is 1.19 bits per heavy atom. The van der Waals surface area contributed by atoms with E-state index in [2.05, 4.69) is 15.4 Å². The Kier molecular flexibility index (Phi) is 5.31. The highest BCUT2D eigenvalue weighted by Gasteiger charge is 2.08. The van der Waals surface area contributed by atoms with E-state index in [0.29, 0.717) is 17.9 Å². The molecule has 6 nitrogen and oxygen atoms in total. The minimum atomic E-state index is -0.0800. The highest BCUT2D eigenvalue weighted by Crippen LogP contribution is 2.22. The summed E-state index contributed by atoms with van der Waals surface area (Å²) in [6.07, 6.45) is 6.38. The van der Waals surface area contributed by atoms with Crippen LogP contribution in [0, 0.1) is 13.8 Å². The van der Waals surface area contributed by atoms with Gasteiger partial charge in [0.2, 0.25) is 0 Å². The van der Waals surface area contributed by atoms with Gasteiger partial charge in [-0.1, -0.05) is 12.1 Å². The summed E-state index contributed by atoms with van der Waals surface area (Å²) in [5, 5.41) is 7.20. The Labute approximate surface area is 153 Å². The van der Waals surface area contributed by atoms with Crippen molar-refractivity contribution in [2.24, 2.45) is 0 Å². The molecule has 2 heterocycles. The van der Waals surface area contributed by atoms with Gasteiger partial charge < -0.3 is 11.1 Å². The molecule has 0 fully saturated rings. The first-order chi connectivity index (χ1) is 12.5. The van der Waals surface area contributed by atoms with Gasteiger partial charge in [-0.3, -0.25) is 9.48 Å². The van der Waals surface area contributed by atoms with Gasteiger partial charge in [0.05, 0.1) is 6.20 Å². The van der Waals surface area contributed by atoms with Crippen LogP contribution >= 0.6 is 0 Å². The highest BCUT2D eigenvalue weighted by molar-refractivity contribution is 5.95. The van der Waals surface area contributed by atoms with Crippen LogP contribution < -0.4 is 11.1 Å². The molecule has 26 heavy (non-hydrogen) atoms. The number of nitrogen functional groups attached to an aromatic ring is 1. The van der Waals surface area contributed by atoms with E-state index in [0.717, 1.165) is 35.2 Å². The van der Waals surface area contributed by atoms with Crippen LogP contribution in [0.5, 0.6) is 0 Å². The normalized spacial score (nSPS) is 10.7. The summed E-state index contributed by atoms with van der Waals surface area (Å²) in [6, 6.07) is 9.50. The minimum absolute atomic E-state index is 0.0800. The van der Waals surface area contributed by atoms with E-state index in [1.165, 1.54) is 0 Å². The topological polar surface area (TPSA) is 85.8 Å². The quantitative estimate of drug-likeness (QED) is 0.670. The third-order valence-electron chi connectivity index (χ3n) is 4.19. The van der Waals surface area contributed by atoms with Crippen molar-refractivity contribution in [2.45, 2.75) is 26.8 Å². The van der Waals surface area contributed by atoms with Crippen molar-refractivity contribution in [3.8, 4) is 11.1 Å². The van der Waals surface area contributed by atoms with E-state index < -0.39 is 0 Å². The van der Waals surface area contributed by atoms with Crippen molar-refractivity contribution in [3.63, 3.8) is 0 Å². The fraction of sp³-hybridized carbons (Fsp3) is 0.250. The van der Waals surface area contributed by atoms with Gasteiger partial charge in [-0.15, -0.1) is 0 Å². The second-order valence-corrected chi connectivity index (χ2v) is 6.40. The molecular weight excluding hydrogens is 326 g/mol. The summed E-state index contributed by atoms with van der Waals surface area (Å²) in [5.41, 5.74) is 10.4. The highest BCUT2D eigenvalue weighted by atomic mass is 16.1. The van der Waals surface area contributed by atoms with Crippen molar-refractivity contribution in [1.82, 2.24) is 20.1 Å². The van der Waals surface area contributed by atoms with Gasteiger partial charge in [0, 0.05) is 36.6 Å². The molecule has 3 N–H and O–H groups in total. The summed E-state index contributed by atoms with van der Waals surface area (Å²) in [4.78, 5) is 16.6. The SMILES string of the molecule is Cc1cnn(CCCNC(=O)c2cccc(-c3cnc(N)c(C)c3)c2)c1. The summed E-state index contributed by atoms with van der Waals surface area (Å²) in [6.45, 7) is 5.31. The molecule has 0 aliphatic carbocycles. The lowest BCUT2D eigenvalue weighted by Gasteiger charge is -2.08. The molecule has 0 bridgehead atoms. The standard InChI is InChI=1S/C20H23N5O/c1-14-11-24-25(13-14)8-4-7-22-20(26)17-6-3-5-16(10-17)18-9-15(2)19(21)23-12-18/h3,5-6,9-13H,4,7-8H2,1-2H3,(H2,21,23)(H,22,26). The van der Waals surface area contributed by atoms with E-state index in [1.807, 2.05) is 61.3 Å². The Hall–Kier alpha value is -3.15. The second kappa shape index (κ2) is 7.82. The maximum atomic E-state index is 12.4. The first-order valence-corrected chi connectivity index (χ1v) is 8.63. The summed E-state index contributed by atoms with van der Waals surface area (Å²) in [7, 11) is 0. The smallest absolute Gasteiger partial charge is 0.251 e. The van der Waals surface area contributed by atoms with E-state index in [-0.39, 0.29) is 5.91 Å². The first kappa shape index (κ1) is 17.7. The minimum Gasteiger partial charge on any atom is -0.383 e. The summed E-state index contributed by atoms with van der Waals surface area (Å²) in [5.74, 6) is 0.443. The van der Waals surface area contributed by atoms with Crippen LogP contribution in [0.25, 0.3) is 11.1 Å². The molecule has 0 spiro atoms. The van der Waals surface area contributed by atoms with Gasteiger partial charge in [-0.2, -0.15) is 5.10 Å². The Balaban J connectivity index is 1.60. The molecular formula is C20H23N5O.